The highest BCUT2D eigenvalue weighted by atomic mass is 19.3. The molecular weight excluding hydrogens is 1090 g/mol. The number of nitrogens with one attached hydrogen (secondary N) is 2. The SMILES string of the molecule is C=CC(=O)OCOC(=O)CCCCCOC(=O)CC1CCCC(CC(=O)OC)C1.C=CC(=O)OCOC(=O)CCCCCOC(=O)NC1CCCC(NC(=O)OCC(F)(F)OC(F)(F)C(F)(F)OC(F)(F)OC(F)(F)CC)C1. The molecule has 21 nitrogen and oxygen atoms in total. The molecule has 0 aliphatic heterocycles. The molecule has 4 unspecified atom stereocenters. The number of hydrogen-bond acceptors (Lipinski definition) is 19. The molecule has 2 aliphatic rings. The van der Waals surface area contributed by atoms with Crippen LogP contribution in [-0.4, -0.2) is 131 Å². The third-order valence-corrected chi connectivity index (χ3v) is 11.0. The van der Waals surface area contributed by atoms with Gasteiger partial charge in [-0.05, 0) is 95.3 Å². The number of methoxy groups -OCH3 is 1. The third kappa shape index (κ3) is 32.0. The fourth-order valence-electron chi connectivity index (χ4n) is 7.17. The van der Waals surface area contributed by atoms with Crippen LogP contribution in [0.1, 0.15) is 129 Å². The maximum atomic E-state index is 13.8. The van der Waals surface area contributed by atoms with Crippen molar-refractivity contribution in [3.05, 3.63) is 25.3 Å². The number of rotatable bonds is 34. The highest BCUT2D eigenvalue weighted by Gasteiger charge is 2.69. The van der Waals surface area contributed by atoms with Crippen LogP contribution in [0, 0.1) is 11.8 Å². The Bertz CT molecular complexity index is 1930. The van der Waals surface area contributed by atoms with Crippen molar-refractivity contribution < 1.29 is 134 Å². The van der Waals surface area contributed by atoms with Gasteiger partial charge < -0.3 is 48.5 Å². The van der Waals surface area contributed by atoms with Crippen molar-refractivity contribution in [2.75, 3.05) is 40.5 Å². The summed E-state index contributed by atoms with van der Waals surface area (Å²) in [5.41, 5.74) is 0. The van der Waals surface area contributed by atoms with Gasteiger partial charge in [0.2, 0.25) is 13.6 Å². The zero-order valence-electron chi connectivity index (χ0n) is 42.9. The maximum absolute atomic E-state index is 13.8. The Hall–Kier alpha value is -5.98. The number of alkyl halides is 10. The van der Waals surface area contributed by atoms with Crippen LogP contribution in [0.2, 0.25) is 0 Å². The predicted octanol–water partition coefficient (Wildman–Crippen LogP) is 9.00. The average Bonchev–Trinajstić information content (AvgIpc) is 3.34. The Labute approximate surface area is 441 Å². The van der Waals surface area contributed by atoms with E-state index in [0.717, 1.165) is 44.3 Å². The summed E-state index contributed by atoms with van der Waals surface area (Å²) < 4.78 is 179. The zero-order valence-corrected chi connectivity index (χ0v) is 42.9. The molecule has 2 N–H and O–H groups in total. The molecule has 2 aliphatic carbocycles. The molecule has 2 amide bonds. The second kappa shape index (κ2) is 35.5. The van der Waals surface area contributed by atoms with E-state index in [1.54, 1.807) is 0 Å². The summed E-state index contributed by atoms with van der Waals surface area (Å²) in [5.74, 6) is -2.33. The van der Waals surface area contributed by atoms with E-state index >= 15 is 0 Å². The average molecular weight is 1150 g/mol. The molecule has 0 saturated heterocycles. The smallest absolute Gasteiger partial charge is 0.469 e. The van der Waals surface area contributed by atoms with Crippen molar-refractivity contribution in [2.24, 2.45) is 11.8 Å². The van der Waals surface area contributed by atoms with Gasteiger partial charge in [0.15, 0.2) is 6.61 Å². The predicted molar refractivity (Wildman–Crippen MR) is 242 cm³/mol. The monoisotopic (exact) mass is 1150 g/mol. The van der Waals surface area contributed by atoms with Gasteiger partial charge in [-0.2, -0.15) is 35.1 Å². The summed E-state index contributed by atoms with van der Waals surface area (Å²) in [7, 11) is 1.39. The molecule has 0 bridgehead atoms. The Morgan fingerprint density at radius 3 is 1.46 bits per heavy atom. The molecule has 78 heavy (non-hydrogen) atoms. The van der Waals surface area contributed by atoms with E-state index in [0.29, 0.717) is 71.3 Å². The fourth-order valence-corrected chi connectivity index (χ4v) is 7.17. The van der Waals surface area contributed by atoms with Gasteiger partial charge in [0.05, 0.1) is 20.3 Å². The van der Waals surface area contributed by atoms with Crippen molar-refractivity contribution >= 4 is 48.0 Å². The van der Waals surface area contributed by atoms with Gasteiger partial charge in [0.25, 0.3) is 0 Å². The number of ether oxygens (including phenoxy) is 11. The standard InChI is InChI=1S/C26H34F10N2O11.C21H32O8/c1-3-18(39)45-15-46-19(40)11-6-5-7-12-43-20(41)37-16-9-8-10-17(13-16)38-21(42)44-14-23(29,30)47-24(31,32)25(33,34)49-26(35,36)48-22(27,28)4-2;1-3-18(22)28-15-29-19(23)10-5-4-6-11-27-21(25)14-17-9-7-8-16(12-17)13-20(24)26-2/h3,16-17H,1,4-15H2,2H3,(H,37,41)(H,38,42);3,16-17H,1,4-15H2,2H3. The van der Waals surface area contributed by atoms with Gasteiger partial charge in [-0.15, -0.1) is 8.78 Å². The van der Waals surface area contributed by atoms with Crippen LogP contribution >= 0.6 is 0 Å². The summed E-state index contributed by atoms with van der Waals surface area (Å²) in [6.07, 6.45) is -22.6. The van der Waals surface area contributed by atoms with Crippen LogP contribution in [-0.2, 0) is 80.9 Å². The van der Waals surface area contributed by atoms with Gasteiger partial charge in [-0.3, -0.25) is 19.2 Å². The van der Waals surface area contributed by atoms with Crippen LogP contribution in [0.15, 0.2) is 25.3 Å². The number of alkyl carbamates (subject to hydrolysis) is 2. The van der Waals surface area contributed by atoms with E-state index in [9.17, 15) is 82.3 Å². The van der Waals surface area contributed by atoms with Gasteiger partial charge >= 0.3 is 78.7 Å². The Morgan fingerprint density at radius 2 is 0.974 bits per heavy atom. The van der Waals surface area contributed by atoms with Gasteiger partial charge in [-0.25, -0.2) is 33.4 Å². The topological polar surface area (TPSA) is 262 Å². The first-order valence-corrected chi connectivity index (χ1v) is 24.4. The largest absolute Gasteiger partial charge is 0.495 e. The lowest BCUT2D eigenvalue weighted by Crippen LogP contribution is -2.54. The second-order valence-electron chi connectivity index (χ2n) is 17.3. The van der Waals surface area contributed by atoms with Crippen LogP contribution in [0.25, 0.3) is 0 Å². The van der Waals surface area contributed by atoms with E-state index in [4.69, 9.17) is 18.9 Å². The van der Waals surface area contributed by atoms with E-state index in [-0.39, 0.29) is 56.1 Å². The summed E-state index contributed by atoms with van der Waals surface area (Å²) in [4.78, 5) is 91.9. The number of carbonyl (C=O) groups is 8. The van der Waals surface area contributed by atoms with Gasteiger partial charge in [-0.1, -0.05) is 26.5 Å². The maximum Gasteiger partial charge on any atom is 0.495 e. The van der Waals surface area contributed by atoms with Crippen LogP contribution in [0.4, 0.5) is 53.5 Å². The minimum absolute atomic E-state index is 0.0149. The summed E-state index contributed by atoms with van der Waals surface area (Å²) in [6, 6.07) is -1.40. The lowest BCUT2D eigenvalue weighted by molar-refractivity contribution is -0.565. The van der Waals surface area contributed by atoms with Gasteiger partial charge in [0.1, 0.15) is 0 Å². The number of halogens is 10. The molecule has 2 fully saturated rings. The lowest BCUT2D eigenvalue weighted by Gasteiger charge is -2.32. The van der Waals surface area contributed by atoms with Crippen molar-refractivity contribution in [1.29, 1.82) is 0 Å². The highest BCUT2D eigenvalue weighted by Crippen LogP contribution is 2.45. The van der Waals surface area contributed by atoms with Crippen molar-refractivity contribution in [3.63, 3.8) is 0 Å². The fraction of sp³-hybridized carbons (Fsp3) is 0.745. The zero-order chi connectivity index (χ0) is 59.0. The molecule has 0 aromatic heterocycles. The molecule has 0 aromatic rings. The molecule has 0 heterocycles. The number of hydrogen-bond donors (Lipinski definition) is 2. The molecule has 0 radical (unpaired) electrons. The van der Waals surface area contributed by atoms with Crippen molar-refractivity contribution in [1.82, 2.24) is 10.6 Å². The van der Waals surface area contributed by atoms with E-state index in [2.05, 4.69) is 56.9 Å². The second-order valence-corrected chi connectivity index (χ2v) is 17.3. The molecular formula is C47H66F10N2O19. The quantitative estimate of drug-likeness (QED) is 0.0152. The van der Waals surface area contributed by atoms with Crippen LogP contribution < -0.4 is 10.6 Å². The van der Waals surface area contributed by atoms with Crippen molar-refractivity contribution in [2.45, 2.75) is 172 Å². The molecule has 4 atom stereocenters. The summed E-state index contributed by atoms with van der Waals surface area (Å²) in [5, 5.41) is 4.60. The minimum atomic E-state index is -6.65. The van der Waals surface area contributed by atoms with Gasteiger partial charge in [0, 0.05) is 56.3 Å². The number of esters is 6. The Morgan fingerprint density at radius 1 is 0.513 bits per heavy atom. The van der Waals surface area contributed by atoms with E-state index < -0.39 is 105 Å². The normalized spacial score (nSPS) is 17.8. The minimum Gasteiger partial charge on any atom is -0.469 e. The van der Waals surface area contributed by atoms with Crippen molar-refractivity contribution in [3.8, 4) is 0 Å². The number of amides is 2. The molecule has 31 heteroatoms. The number of unbranched alkanes of at least 4 members (excludes halogenated alkanes) is 4. The van der Waals surface area contributed by atoms with Crippen LogP contribution in [0.5, 0.6) is 0 Å². The highest BCUT2D eigenvalue weighted by molar-refractivity contribution is 5.81. The summed E-state index contributed by atoms with van der Waals surface area (Å²) >= 11 is 0. The molecule has 0 aromatic carbocycles. The third-order valence-electron chi connectivity index (χ3n) is 11.0. The summed E-state index contributed by atoms with van der Waals surface area (Å²) in [6.45, 7) is 3.84. The van der Waals surface area contributed by atoms with Crippen LogP contribution in [0.3, 0.4) is 0 Å². The molecule has 2 rings (SSSR count). The Kier molecular flexibility index (Phi) is 31.9. The molecule has 0 spiro atoms. The van der Waals surface area contributed by atoms with E-state index in [1.165, 1.54) is 7.11 Å². The first-order valence-electron chi connectivity index (χ1n) is 24.4. The molecule has 2 saturated carbocycles. The number of carbonyl (C=O) groups excluding carboxylic acids is 8. The van der Waals surface area contributed by atoms with E-state index in [1.807, 2.05) is 0 Å². The molecule has 448 valence electrons. The first kappa shape index (κ1) is 70.0. The lowest BCUT2D eigenvalue weighted by atomic mass is 9.78. The first-order chi connectivity index (χ1) is 36.5. The Balaban J connectivity index is 0.000000890.